The van der Waals surface area contributed by atoms with Crippen molar-refractivity contribution >= 4 is 29.0 Å². The molecule has 11 nitrogen and oxygen atoms in total. The van der Waals surface area contributed by atoms with Crippen LogP contribution in [0.25, 0.3) is 11.0 Å². The molecule has 3 aliphatic heterocycles. The van der Waals surface area contributed by atoms with E-state index in [1.165, 1.54) is 0 Å². The number of piperazine rings is 1. The predicted molar refractivity (Wildman–Crippen MR) is 129 cm³/mol. The minimum absolute atomic E-state index is 0.0250. The Bertz CT molecular complexity index is 1260. The number of amides is 1. The molecule has 11 heteroatoms. The van der Waals surface area contributed by atoms with E-state index in [1.807, 2.05) is 54.2 Å². The minimum Gasteiger partial charge on any atom is -0.370 e. The largest absolute Gasteiger partial charge is 0.370 e. The number of carbonyl (C=O) groups excluding carboxylic acids is 1. The van der Waals surface area contributed by atoms with Crippen LogP contribution in [-0.2, 0) is 16.0 Å². The summed E-state index contributed by atoms with van der Waals surface area (Å²) in [5.74, 6) is 0.154. The first-order chi connectivity index (χ1) is 17.1. The van der Waals surface area contributed by atoms with Crippen LogP contribution in [0.4, 0.5) is 5.69 Å². The number of anilines is 1. The monoisotopic (exact) mass is 476 g/mol. The third-order valence-electron chi connectivity index (χ3n) is 7.17. The van der Waals surface area contributed by atoms with E-state index in [2.05, 4.69) is 31.9 Å². The number of aromatic nitrogens is 2. The lowest BCUT2D eigenvalue weighted by molar-refractivity contribution is -0.139. The Morgan fingerprint density at radius 1 is 1.11 bits per heavy atom. The second-order valence-corrected chi connectivity index (χ2v) is 9.28. The number of fused-ring (bicyclic) bond motifs is 2. The van der Waals surface area contributed by atoms with E-state index in [4.69, 9.17) is 9.37 Å². The van der Waals surface area contributed by atoms with E-state index in [0.717, 1.165) is 53.0 Å². The molecular weight excluding hydrogens is 448 g/mol. The highest BCUT2D eigenvalue weighted by Crippen LogP contribution is 2.31. The van der Waals surface area contributed by atoms with Gasteiger partial charge < -0.3 is 9.64 Å². The molecular formula is C24H28N8O3. The number of nitrogens with zero attached hydrogens (tertiary/aromatic N) is 7. The van der Waals surface area contributed by atoms with Gasteiger partial charge >= 0.3 is 0 Å². The molecule has 2 saturated heterocycles. The molecule has 0 bridgehead atoms. The van der Waals surface area contributed by atoms with Crippen molar-refractivity contribution < 1.29 is 14.2 Å². The molecule has 0 radical (unpaired) electrons. The van der Waals surface area contributed by atoms with Crippen molar-refractivity contribution in [1.29, 1.82) is 0 Å². The summed E-state index contributed by atoms with van der Waals surface area (Å²) in [5.41, 5.74) is 8.54. The molecule has 0 aliphatic carbocycles. The molecule has 2 atom stereocenters. The lowest BCUT2D eigenvalue weighted by Gasteiger charge is -2.46. The van der Waals surface area contributed by atoms with Gasteiger partial charge in [-0.2, -0.15) is 5.10 Å². The van der Waals surface area contributed by atoms with Crippen molar-refractivity contribution in [2.24, 2.45) is 5.10 Å². The topological polar surface area (TPSA) is 103 Å². The van der Waals surface area contributed by atoms with Crippen molar-refractivity contribution in [1.82, 2.24) is 30.8 Å². The van der Waals surface area contributed by atoms with Crippen LogP contribution >= 0.6 is 0 Å². The highest BCUT2D eigenvalue weighted by Gasteiger charge is 2.36. The molecule has 4 heterocycles. The maximum absolute atomic E-state index is 13.1. The SMILES string of the molecule is Cc1c(C2CN3CCN(C(=O)Cc4ccc(N5C=NNN5C)cc4)CC3CO2)ccc2nonc12. The van der Waals surface area contributed by atoms with Crippen molar-refractivity contribution in [3.05, 3.63) is 53.1 Å². The Morgan fingerprint density at radius 2 is 1.97 bits per heavy atom. The number of benzene rings is 2. The van der Waals surface area contributed by atoms with Gasteiger partial charge in [-0.3, -0.25) is 9.69 Å². The van der Waals surface area contributed by atoms with Crippen LogP contribution < -0.4 is 10.5 Å². The maximum Gasteiger partial charge on any atom is 0.227 e. The summed E-state index contributed by atoms with van der Waals surface area (Å²) in [6.45, 7) is 5.69. The molecule has 6 rings (SSSR count). The quantitative estimate of drug-likeness (QED) is 0.600. The summed E-state index contributed by atoms with van der Waals surface area (Å²) >= 11 is 0. The summed E-state index contributed by atoms with van der Waals surface area (Å²) in [4.78, 5) is 17.5. The van der Waals surface area contributed by atoms with Gasteiger partial charge in [0.05, 0.1) is 30.9 Å². The number of nitrogens with one attached hydrogen (secondary N) is 1. The maximum atomic E-state index is 13.1. The molecule has 1 amide bonds. The first-order valence-corrected chi connectivity index (χ1v) is 11.8. The van der Waals surface area contributed by atoms with Gasteiger partial charge in [-0.15, -0.1) is 5.12 Å². The first-order valence-electron chi connectivity index (χ1n) is 11.8. The molecule has 35 heavy (non-hydrogen) atoms. The van der Waals surface area contributed by atoms with Gasteiger partial charge in [0.2, 0.25) is 5.91 Å². The van der Waals surface area contributed by atoms with Crippen LogP contribution in [0.3, 0.4) is 0 Å². The zero-order valence-corrected chi connectivity index (χ0v) is 19.8. The Morgan fingerprint density at radius 3 is 2.77 bits per heavy atom. The highest BCUT2D eigenvalue weighted by molar-refractivity contribution is 5.81. The van der Waals surface area contributed by atoms with Crippen molar-refractivity contribution in [2.75, 3.05) is 44.8 Å². The van der Waals surface area contributed by atoms with Gasteiger partial charge in [0.25, 0.3) is 0 Å². The zero-order valence-electron chi connectivity index (χ0n) is 19.8. The standard InChI is InChI=1S/C24H28N8O3/c1-16-20(7-8-21-24(16)27-35-26-21)22-13-30-9-10-31(12-19(30)14-34-22)23(33)11-17-3-5-18(6-4-17)32-15-25-28-29(32)2/h3-8,15,19,22,28H,9-14H2,1-2H3. The lowest BCUT2D eigenvalue weighted by Crippen LogP contribution is -2.59. The normalized spacial score (nSPS) is 23.0. The fourth-order valence-electron chi connectivity index (χ4n) is 5.13. The molecule has 182 valence electrons. The average Bonchev–Trinajstić information content (AvgIpc) is 3.53. The summed E-state index contributed by atoms with van der Waals surface area (Å²) < 4.78 is 11.2. The van der Waals surface area contributed by atoms with E-state index in [-0.39, 0.29) is 18.1 Å². The second-order valence-electron chi connectivity index (χ2n) is 9.28. The predicted octanol–water partition coefficient (Wildman–Crippen LogP) is 1.47. The minimum atomic E-state index is -0.0250. The number of hydrogen-bond donors (Lipinski definition) is 1. The summed E-state index contributed by atoms with van der Waals surface area (Å²) in [7, 11) is 1.88. The Balaban J connectivity index is 1.06. The van der Waals surface area contributed by atoms with Gasteiger partial charge in [-0.25, -0.2) is 15.2 Å². The Hall–Kier alpha value is -3.54. The first kappa shape index (κ1) is 22.0. The Kier molecular flexibility index (Phi) is 5.59. The summed E-state index contributed by atoms with van der Waals surface area (Å²) in [6.07, 6.45) is 2.08. The number of hydrazine groups is 2. The van der Waals surface area contributed by atoms with Gasteiger partial charge in [0, 0.05) is 33.2 Å². The molecule has 2 unspecified atom stereocenters. The number of ether oxygens (including phenoxy) is 1. The molecule has 3 aromatic rings. The van der Waals surface area contributed by atoms with Crippen molar-refractivity contribution in [2.45, 2.75) is 25.5 Å². The van der Waals surface area contributed by atoms with E-state index in [0.29, 0.717) is 19.6 Å². The van der Waals surface area contributed by atoms with Crippen LogP contribution in [-0.4, -0.2) is 83.4 Å². The number of rotatable bonds is 4. The number of carbonyl (C=O) groups is 1. The molecule has 3 aliphatic rings. The van der Waals surface area contributed by atoms with E-state index in [1.54, 1.807) is 11.5 Å². The highest BCUT2D eigenvalue weighted by atomic mass is 16.6. The molecule has 2 fully saturated rings. The summed E-state index contributed by atoms with van der Waals surface area (Å²) in [6, 6.07) is 12.2. The van der Waals surface area contributed by atoms with Crippen LogP contribution in [0.1, 0.15) is 22.8 Å². The van der Waals surface area contributed by atoms with Gasteiger partial charge in [0.15, 0.2) is 0 Å². The third kappa shape index (κ3) is 4.11. The fraction of sp³-hybridized carbons (Fsp3) is 0.417. The second kappa shape index (κ2) is 8.91. The average molecular weight is 477 g/mol. The van der Waals surface area contributed by atoms with Gasteiger partial charge in [0.1, 0.15) is 17.4 Å². The molecule has 2 aromatic carbocycles. The van der Waals surface area contributed by atoms with Gasteiger partial charge in [-0.05, 0) is 52.1 Å². The van der Waals surface area contributed by atoms with Crippen molar-refractivity contribution in [3.63, 3.8) is 0 Å². The third-order valence-corrected chi connectivity index (χ3v) is 7.17. The molecule has 1 aromatic heterocycles. The summed E-state index contributed by atoms with van der Waals surface area (Å²) in [5, 5.41) is 15.6. The smallest absolute Gasteiger partial charge is 0.227 e. The van der Waals surface area contributed by atoms with E-state index < -0.39 is 0 Å². The zero-order chi connectivity index (χ0) is 23.9. The fourth-order valence-corrected chi connectivity index (χ4v) is 5.13. The van der Waals surface area contributed by atoms with Crippen LogP contribution in [0, 0.1) is 6.92 Å². The van der Waals surface area contributed by atoms with Crippen molar-refractivity contribution in [3.8, 4) is 0 Å². The molecule has 1 N–H and O–H groups in total. The van der Waals surface area contributed by atoms with Gasteiger partial charge in [-0.1, -0.05) is 18.2 Å². The lowest BCUT2D eigenvalue weighted by atomic mass is 9.98. The van der Waals surface area contributed by atoms with E-state index >= 15 is 0 Å². The number of hydrazone groups is 1. The number of aryl methyl sites for hydroxylation is 1. The Labute approximate surface area is 202 Å². The molecule has 0 saturated carbocycles. The van der Waals surface area contributed by atoms with Crippen LogP contribution in [0.15, 0.2) is 46.1 Å². The number of morpholine rings is 1. The van der Waals surface area contributed by atoms with E-state index in [9.17, 15) is 4.79 Å². The molecule has 0 spiro atoms. The van der Waals surface area contributed by atoms with Crippen LogP contribution in [0.5, 0.6) is 0 Å². The number of hydrogen-bond acceptors (Lipinski definition) is 10. The van der Waals surface area contributed by atoms with Crippen LogP contribution in [0.2, 0.25) is 0 Å².